The summed E-state index contributed by atoms with van der Waals surface area (Å²) in [5.41, 5.74) is 4.45. The van der Waals surface area contributed by atoms with Crippen LogP contribution < -0.4 is 15.0 Å². The molecule has 3 aliphatic rings. The Labute approximate surface area is 108 Å². The Bertz CT molecular complexity index is 486. The molecule has 0 bridgehead atoms. The molecule has 0 amide bonds. The molecule has 2 aliphatic heterocycles. The summed E-state index contributed by atoms with van der Waals surface area (Å²) < 4.78 is 5.63. The maximum Gasteiger partial charge on any atom is 0.124 e. The van der Waals surface area contributed by atoms with Gasteiger partial charge in [0.15, 0.2) is 0 Å². The van der Waals surface area contributed by atoms with Crippen molar-refractivity contribution < 1.29 is 4.74 Å². The molecule has 18 heavy (non-hydrogen) atoms. The highest BCUT2D eigenvalue weighted by atomic mass is 16.5. The molecule has 96 valence electrons. The summed E-state index contributed by atoms with van der Waals surface area (Å²) in [6, 6.07) is 5.14. The molecule has 0 saturated heterocycles. The molecule has 1 aromatic carbocycles. The summed E-state index contributed by atoms with van der Waals surface area (Å²) in [5.74, 6) is 1.82. The molecule has 2 atom stereocenters. The number of ether oxygens (including phenoxy) is 1. The molecule has 1 aromatic rings. The van der Waals surface area contributed by atoms with Crippen molar-refractivity contribution in [3.05, 3.63) is 23.3 Å². The van der Waals surface area contributed by atoms with Crippen LogP contribution in [0, 0.1) is 0 Å². The van der Waals surface area contributed by atoms with Crippen LogP contribution in [-0.4, -0.2) is 26.2 Å². The van der Waals surface area contributed by atoms with Crippen molar-refractivity contribution >= 4 is 5.69 Å². The van der Waals surface area contributed by atoms with Crippen LogP contribution in [-0.2, 0) is 6.54 Å². The van der Waals surface area contributed by atoms with Gasteiger partial charge in [0.25, 0.3) is 0 Å². The number of hydrogen-bond acceptors (Lipinski definition) is 3. The summed E-state index contributed by atoms with van der Waals surface area (Å²) in [6.07, 6.45) is 4.05. The van der Waals surface area contributed by atoms with Crippen LogP contribution in [0.15, 0.2) is 12.1 Å². The molecule has 3 nitrogen and oxygen atoms in total. The number of anilines is 1. The molecule has 0 spiro atoms. The first-order valence-corrected chi connectivity index (χ1v) is 7.07. The fraction of sp³-hybridized carbons (Fsp3) is 0.600. The Balaban J connectivity index is 1.94. The fourth-order valence-corrected chi connectivity index (χ4v) is 4.17. The van der Waals surface area contributed by atoms with Gasteiger partial charge in [-0.3, -0.25) is 0 Å². The lowest BCUT2D eigenvalue weighted by atomic mass is 9.95. The maximum absolute atomic E-state index is 5.63. The van der Waals surface area contributed by atoms with Crippen LogP contribution in [0.3, 0.4) is 0 Å². The van der Waals surface area contributed by atoms with Crippen molar-refractivity contribution in [1.82, 2.24) is 5.32 Å². The molecular weight excluding hydrogens is 224 g/mol. The first-order valence-electron chi connectivity index (χ1n) is 7.07. The van der Waals surface area contributed by atoms with Crippen LogP contribution in [0.1, 0.15) is 36.3 Å². The molecule has 0 unspecified atom stereocenters. The highest BCUT2D eigenvalue weighted by molar-refractivity contribution is 5.71. The van der Waals surface area contributed by atoms with Crippen LogP contribution in [0.4, 0.5) is 5.69 Å². The van der Waals surface area contributed by atoms with E-state index in [1.54, 1.807) is 7.11 Å². The average Bonchev–Trinajstić information content (AvgIpc) is 2.90. The minimum absolute atomic E-state index is 0.716. The molecule has 2 heterocycles. The van der Waals surface area contributed by atoms with Gasteiger partial charge in [0.05, 0.1) is 7.11 Å². The van der Waals surface area contributed by atoms with E-state index in [2.05, 4.69) is 22.3 Å². The largest absolute Gasteiger partial charge is 0.496 e. The van der Waals surface area contributed by atoms with E-state index in [1.807, 2.05) is 0 Å². The van der Waals surface area contributed by atoms with E-state index in [1.165, 1.54) is 36.1 Å². The first kappa shape index (κ1) is 10.7. The minimum atomic E-state index is 0.716. The highest BCUT2D eigenvalue weighted by Gasteiger charge is 2.44. The lowest BCUT2D eigenvalue weighted by molar-refractivity contribution is 0.406. The molecule has 3 heteroatoms. The van der Waals surface area contributed by atoms with Gasteiger partial charge in [-0.2, -0.15) is 0 Å². The molecule has 4 rings (SSSR count). The zero-order valence-electron chi connectivity index (χ0n) is 10.9. The van der Waals surface area contributed by atoms with Gasteiger partial charge in [0.2, 0.25) is 0 Å². The van der Waals surface area contributed by atoms with Crippen LogP contribution >= 0.6 is 0 Å². The van der Waals surface area contributed by atoms with E-state index < -0.39 is 0 Å². The van der Waals surface area contributed by atoms with Gasteiger partial charge in [-0.15, -0.1) is 0 Å². The smallest absolute Gasteiger partial charge is 0.124 e. The molecule has 1 fully saturated rings. The van der Waals surface area contributed by atoms with Crippen LogP contribution in [0.25, 0.3) is 0 Å². The van der Waals surface area contributed by atoms with E-state index in [9.17, 15) is 0 Å². The second-order valence-electron chi connectivity index (χ2n) is 5.66. The predicted molar refractivity (Wildman–Crippen MR) is 72.4 cm³/mol. The minimum Gasteiger partial charge on any atom is -0.496 e. The second kappa shape index (κ2) is 3.89. The third-order valence-corrected chi connectivity index (χ3v) is 4.86. The molecule has 1 aliphatic carbocycles. The number of methoxy groups -OCH3 is 1. The van der Waals surface area contributed by atoms with E-state index in [0.29, 0.717) is 5.92 Å². The van der Waals surface area contributed by atoms with Crippen molar-refractivity contribution in [1.29, 1.82) is 0 Å². The third kappa shape index (κ3) is 1.28. The van der Waals surface area contributed by atoms with E-state index in [4.69, 9.17) is 4.74 Å². The number of fused-ring (bicyclic) bond motifs is 3. The summed E-state index contributed by atoms with van der Waals surface area (Å²) in [5, 5.41) is 3.53. The third-order valence-electron chi connectivity index (χ3n) is 4.86. The Morgan fingerprint density at radius 3 is 3.17 bits per heavy atom. The SMILES string of the molecule is COc1ccc2c3c1[C@H]1CCC[C@H]1N3CCNC2. The molecular formula is C15H20N2O. The first-order chi connectivity index (χ1) is 8.90. The fourth-order valence-electron chi connectivity index (χ4n) is 4.17. The molecule has 1 saturated carbocycles. The van der Waals surface area contributed by atoms with Gasteiger partial charge < -0.3 is 15.0 Å². The molecule has 0 radical (unpaired) electrons. The zero-order valence-corrected chi connectivity index (χ0v) is 10.9. The van der Waals surface area contributed by atoms with Gasteiger partial charge in [-0.1, -0.05) is 12.5 Å². The van der Waals surface area contributed by atoms with Crippen molar-refractivity contribution in [3.8, 4) is 5.75 Å². The molecule has 0 aromatic heterocycles. The molecule has 1 N–H and O–H groups in total. The van der Waals surface area contributed by atoms with Gasteiger partial charge in [-0.05, 0) is 24.5 Å². The second-order valence-corrected chi connectivity index (χ2v) is 5.66. The van der Waals surface area contributed by atoms with Gasteiger partial charge in [0.1, 0.15) is 5.75 Å². The highest BCUT2D eigenvalue weighted by Crippen LogP contribution is 2.54. The van der Waals surface area contributed by atoms with Crippen molar-refractivity contribution in [2.24, 2.45) is 0 Å². The summed E-state index contributed by atoms with van der Waals surface area (Å²) in [7, 11) is 1.81. The Morgan fingerprint density at radius 2 is 2.28 bits per heavy atom. The monoisotopic (exact) mass is 244 g/mol. The lowest BCUT2D eigenvalue weighted by Crippen LogP contribution is -2.35. The summed E-state index contributed by atoms with van der Waals surface area (Å²) in [6.45, 7) is 3.25. The van der Waals surface area contributed by atoms with Gasteiger partial charge >= 0.3 is 0 Å². The number of nitrogens with one attached hydrogen (secondary N) is 1. The van der Waals surface area contributed by atoms with Crippen LogP contribution in [0.2, 0.25) is 0 Å². The van der Waals surface area contributed by atoms with Crippen molar-refractivity contribution in [2.75, 3.05) is 25.1 Å². The van der Waals surface area contributed by atoms with Crippen molar-refractivity contribution in [3.63, 3.8) is 0 Å². The summed E-state index contributed by atoms with van der Waals surface area (Å²) in [4.78, 5) is 2.66. The zero-order chi connectivity index (χ0) is 12.1. The van der Waals surface area contributed by atoms with Crippen molar-refractivity contribution in [2.45, 2.75) is 37.8 Å². The quantitative estimate of drug-likeness (QED) is 0.820. The number of nitrogens with zero attached hydrogens (tertiary/aromatic N) is 1. The summed E-state index contributed by atoms with van der Waals surface area (Å²) >= 11 is 0. The normalized spacial score (nSPS) is 28.8. The standard InChI is InChI=1S/C15H20N2O/c1-18-13-6-5-10-9-16-7-8-17-12-4-2-3-11(12)14(13)15(10)17/h5-6,11-12,16H,2-4,7-9H2,1H3/t11-,12+/m0/s1. The predicted octanol–water partition coefficient (Wildman–Crippen LogP) is 2.25. The van der Waals surface area contributed by atoms with E-state index in [-0.39, 0.29) is 0 Å². The van der Waals surface area contributed by atoms with Gasteiger partial charge in [-0.25, -0.2) is 0 Å². The topological polar surface area (TPSA) is 24.5 Å². The number of benzene rings is 1. The van der Waals surface area contributed by atoms with E-state index >= 15 is 0 Å². The average molecular weight is 244 g/mol. The Morgan fingerprint density at radius 1 is 1.33 bits per heavy atom. The van der Waals surface area contributed by atoms with E-state index in [0.717, 1.165) is 31.4 Å². The number of rotatable bonds is 1. The lowest BCUT2D eigenvalue weighted by Gasteiger charge is -2.26. The van der Waals surface area contributed by atoms with Gasteiger partial charge in [0, 0.05) is 42.8 Å². The number of hydrogen-bond donors (Lipinski definition) is 1. The maximum atomic E-state index is 5.63. The Kier molecular flexibility index (Phi) is 2.31. The van der Waals surface area contributed by atoms with Crippen LogP contribution in [0.5, 0.6) is 5.75 Å². The Hall–Kier alpha value is -1.22.